The number of fused-ring (bicyclic) bond motifs is 6. The molecule has 0 N–H and O–H groups in total. The van der Waals surface area contributed by atoms with Gasteiger partial charge in [-0.1, -0.05) is 128 Å². The van der Waals surface area contributed by atoms with E-state index in [1.54, 1.807) is 0 Å². The molecule has 1 aliphatic carbocycles. The van der Waals surface area contributed by atoms with Crippen LogP contribution in [0.4, 0.5) is 51.2 Å². The predicted octanol–water partition coefficient (Wildman–Crippen LogP) is 13.7. The lowest BCUT2D eigenvalue weighted by atomic mass is 9.35. The Morgan fingerprint density at radius 1 is 0.475 bits per heavy atom. The van der Waals surface area contributed by atoms with Crippen LogP contribution in [0.2, 0.25) is 0 Å². The molecule has 3 aliphatic rings. The second kappa shape index (κ2) is 14.8. The Labute approximate surface area is 358 Å². The fourth-order valence-corrected chi connectivity index (χ4v) is 10.4. The zero-order chi connectivity index (χ0) is 40.3. The maximum absolute atomic E-state index is 7.25. The van der Waals surface area contributed by atoms with Crippen molar-refractivity contribution in [3.63, 3.8) is 0 Å². The van der Waals surface area contributed by atoms with Crippen LogP contribution in [0.15, 0.2) is 205 Å². The highest BCUT2D eigenvalue weighted by atomic mass is 16.3. The number of hydrogen-bond acceptors (Lipinski definition) is 4. The van der Waals surface area contributed by atoms with Crippen LogP contribution in [0.25, 0.3) is 22.1 Å². The van der Waals surface area contributed by atoms with Crippen molar-refractivity contribution in [2.24, 2.45) is 0 Å². The summed E-state index contributed by atoms with van der Waals surface area (Å²) in [5.41, 5.74) is 18.5. The average molecular weight is 786 g/mol. The molecule has 12 rings (SSSR count). The van der Waals surface area contributed by atoms with E-state index in [0.717, 1.165) is 50.8 Å². The predicted molar refractivity (Wildman–Crippen MR) is 256 cm³/mol. The molecule has 0 atom stereocenters. The maximum atomic E-state index is 7.25. The van der Waals surface area contributed by atoms with E-state index in [-0.39, 0.29) is 6.71 Å². The Kier molecular flexibility index (Phi) is 8.65. The van der Waals surface area contributed by atoms with Gasteiger partial charge < -0.3 is 19.1 Å². The molecule has 4 nitrogen and oxygen atoms in total. The van der Waals surface area contributed by atoms with Crippen LogP contribution in [0.1, 0.15) is 43.6 Å². The van der Waals surface area contributed by atoms with Crippen molar-refractivity contribution in [3.8, 4) is 11.1 Å². The van der Waals surface area contributed by atoms with E-state index < -0.39 is 0 Å². The summed E-state index contributed by atoms with van der Waals surface area (Å²) in [4.78, 5) is 7.44. The van der Waals surface area contributed by atoms with Crippen LogP contribution in [-0.2, 0) is 0 Å². The van der Waals surface area contributed by atoms with Gasteiger partial charge in [-0.15, -0.1) is 0 Å². The largest absolute Gasteiger partial charge is 0.468 e. The fraction of sp³-hybridized carbons (Fsp3) is 0.107. The third-order valence-corrected chi connectivity index (χ3v) is 13.2. The zero-order valence-corrected chi connectivity index (χ0v) is 34.0. The number of anilines is 9. The Morgan fingerprint density at radius 3 is 1.80 bits per heavy atom. The molecule has 292 valence electrons. The van der Waals surface area contributed by atoms with Crippen molar-refractivity contribution in [3.05, 3.63) is 206 Å². The molecule has 2 aliphatic heterocycles. The number of furan rings is 1. The topological polar surface area (TPSA) is 22.9 Å². The van der Waals surface area contributed by atoms with Gasteiger partial charge in [0.25, 0.3) is 6.71 Å². The van der Waals surface area contributed by atoms with Gasteiger partial charge in [0, 0.05) is 50.9 Å². The first-order chi connectivity index (χ1) is 30.3. The van der Waals surface area contributed by atoms with E-state index in [1.165, 1.54) is 76.8 Å². The molecule has 0 unspecified atom stereocenters. The van der Waals surface area contributed by atoms with Crippen LogP contribution in [0, 0.1) is 0 Å². The smallest absolute Gasteiger partial charge is 0.297 e. The number of nitrogens with zero attached hydrogens (tertiary/aromatic N) is 3. The summed E-state index contributed by atoms with van der Waals surface area (Å²) in [6, 6.07) is 73.0. The second-order valence-corrected chi connectivity index (χ2v) is 16.7. The molecule has 1 aromatic heterocycles. The lowest BCUT2D eigenvalue weighted by molar-refractivity contribution is 0.444. The minimum atomic E-state index is -0.162. The lowest BCUT2D eigenvalue weighted by Crippen LogP contribution is -2.61. The summed E-state index contributed by atoms with van der Waals surface area (Å²) in [7, 11) is 0. The molecule has 0 spiro atoms. The Bertz CT molecular complexity index is 2990. The normalized spacial score (nSPS) is 14.4. The van der Waals surface area contributed by atoms with Gasteiger partial charge in [-0.3, -0.25) is 0 Å². The summed E-state index contributed by atoms with van der Waals surface area (Å²) in [6.07, 6.45) is 6.28. The van der Waals surface area contributed by atoms with Gasteiger partial charge in [-0.25, -0.2) is 0 Å². The summed E-state index contributed by atoms with van der Waals surface area (Å²) in [6.45, 7) is -0.162. The monoisotopic (exact) mass is 785 g/mol. The highest BCUT2D eigenvalue weighted by Crippen LogP contribution is 2.50. The van der Waals surface area contributed by atoms with E-state index >= 15 is 0 Å². The third-order valence-electron chi connectivity index (χ3n) is 13.2. The van der Waals surface area contributed by atoms with Gasteiger partial charge in [0.05, 0.1) is 11.3 Å². The van der Waals surface area contributed by atoms with Crippen molar-refractivity contribution >= 4 is 85.5 Å². The number of rotatable bonds is 7. The first kappa shape index (κ1) is 35.7. The molecule has 0 radical (unpaired) electrons. The average Bonchev–Trinajstić information content (AvgIpc) is 3.72. The minimum Gasteiger partial charge on any atom is -0.468 e. The van der Waals surface area contributed by atoms with Crippen LogP contribution in [0.5, 0.6) is 0 Å². The molecular formula is C56H44BN3O. The Hall–Kier alpha value is -7.24. The minimum absolute atomic E-state index is 0.162. The molecule has 8 aromatic carbocycles. The molecular weight excluding hydrogens is 741 g/mol. The maximum Gasteiger partial charge on any atom is 0.297 e. The number of para-hydroxylation sites is 4. The van der Waals surface area contributed by atoms with Crippen molar-refractivity contribution in [2.45, 2.75) is 38.0 Å². The van der Waals surface area contributed by atoms with Crippen molar-refractivity contribution in [1.82, 2.24) is 0 Å². The summed E-state index contributed by atoms with van der Waals surface area (Å²) in [5.74, 6) is 0.500. The number of benzene rings is 8. The highest BCUT2D eigenvalue weighted by molar-refractivity contribution is 7.00. The molecule has 9 aromatic rings. The molecule has 61 heavy (non-hydrogen) atoms. The summed E-state index contributed by atoms with van der Waals surface area (Å²) < 4.78 is 7.25. The van der Waals surface area contributed by atoms with E-state index in [2.05, 4.69) is 215 Å². The fourth-order valence-electron chi connectivity index (χ4n) is 10.4. The first-order valence-electron chi connectivity index (χ1n) is 21.8. The van der Waals surface area contributed by atoms with E-state index in [4.69, 9.17) is 4.42 Å². The lowest BCUT2D eigenvalue weighted by Gasteiger charge is -2.43. The molecule has 0 bridgehead atoms. The van der Waals surface area contributed by atoms with E-state index in [9.17, 15) is 0 Å². The van der Waals surface area contributed by atoms with Crippen LogP contribution < -0.4 is 31.3 Å². The number of hydrogen-bond donors (Lipinski definition) is 0. The van der Waals surface area contributed by atoms with Crippen LogP contribution in [-0.4, -0.2) is 6.71 Å². The first-order valence-corrected chi connectivity index (χ1v) is 21.8. The quantitative estimate of drug-likeness (QED) is 0.150. The molecule has 1 saturated carbocycles. The van der Waals surface area contributed by atoms with Gasteiger partial charge in [0.15, 0.2) is 0 Å². The zero-order valence-electron chi connectivity index (χ0n) is 34.0. The van der Waals surface area contributed by atoms with Gasteiger partial charge in [-0.05, 0) is 137 Å². The van der Waals surface area contributed by atoms with Gasteiger partial charge in [0.2, 0.25) is 0 Å². The van der Waals surface area contributed by atoms with Gasteiger partial charge >= 0.3 is 0 Å². The molecule has 0 saturated heterocycles. The van der Waals surface area contributed by atoms with Crippen LogP contribution >= 0.6 is 0 Å². The van der Waals surface area contributed by atoms with Crippen molar-refractivity contribution < 1.29 is 4.42 Å². The SMILES string of the molecule is c1ccc(-c2cccc(N3c4cc(C5CCCCC5)cc5c4B(c4cc(N(c6ccccc6)c6ccccc6)ccc4N5c4ccccc4)c4oc5ccccc5c43)c2)cc1. The highest BCUT2D eigenvalue weighted by Gasteiger charge is 2.47. The van der Waals surface area contributed by atoms with Crippen molar-refractivity contribution in [2.75, 3.05) is 14.7 Å². The molecule has 3 heterocycles. The van der Waals surface area contributed by atoms with Crippen molar-refractivity contribution in [1.29, 1.82) is 0 Å². The molecule has 5 heteroatoms. The van der Waals surface area contributed by atoms with Gasteiger partial charge in [-0.2, -0.15) is 0 Å². The summed E-state index contributed by atoms with van der Waals surface area (Å²) in [5, 5.41) is 1.12. The Balaban J connectivity index is 1.17. The summed E-state index contributed by atoms with van der Waals surface area (Å²) >= 11 is 0. The third kappa shape index (κ3) is 5.98. The molecule has 0 amide bonds. The standard InChI is InChI=1S/C56H44BN3O/c1-6-19-39(20-7-1)41-23-18-30-46(35-41)60-52-37-42(40-21-8-2-9-22-40)36-51-54(52)57(56-55(60)48-31-16-17-32-53(48)61-56)49-38-47(33-34-50(49)59(51)45-28-14-5-15-29-45)58(43-24-10-3-11-25-43)44-26-12-4-13-27-44/h1,3-7,10-20,23-38,40H,2,8-9,21-22H2. The van der Waals surface area contributed by atoms with Crippen LogP contribution in [0.3, 0.4) is 0 Å². The van der Waals surface area contributed by atoms with Gasteiger partial charge in [0.1, 0.15) is 5.58 Å². The second-order valence-electron chi connectivity index (χ2n) is 16.7. The Morgan fingerprint density at radius 2 is 1.08 bits per heavy atom. The molecule has 1 fully saturated rings. The van der Waals surface area contributed by atoms with E-state index in [1.807, 2.05) is 0 Å². The van der Waals surface area contributed by atoms with E-state index in [0.29, 0.717) is 5.92 Å².